The van der Waals surface area contributed by atoms with Crippen molar-refractivity contribution in [1.82, 2.24) is 0 Å². The van der Waals surface area contributed by atoms with Crippen molar-refractivity contribution in [2.75, 3.05) is 0 Å². The maximum absolute atomic E-state index is 13.5. The Morgan fingerprint density at radius 2 is 1.28 bits per heavy atom. The molecule has 0 bridgehead atoms. The average molecular weight is 712 g/mol. The fourth-order valence-corrected chi connectivity index (χ4v) is 8.41. The van der Waals surface area contributed by atoms with Crippen LogP contribution in [0.4, 0.5) is 32.0 Å². The van der Waals surface area contributed by atoms with Crippen LogP contribution >= 0.6 is 46.9 Å². The molecule has 4 rings (SSSR count). The SMILES string of the molecule is CCCCCCc1cccc(N=C(CC(Sc2cccc(C(F)(F)F)c2)Sc2cccc(C(F)(F)F)c2)Sc2ccc(Cl)cc2)c1. The first-order chi connectivity index (χ1) is 21.9. The highest BCUT2D eigenvalue weighted by molar-refractivity contribution is 8.17. The third-order valence-electron chi connectivity index (χ3n) is 6.73. The number of nitrogens with zero attached hydrogens (tertiary/aromatic N) is 1. The first-order valence-corrected chi connectivity index (χ1v) is 17.6. The van der Waals surface area contributed by atoms with Gasteiger partial charge >= 0.3 is 12.4 Å². The average Bonchev–Trinajstić information content (AvgIpc) is 3.00. The molecule has 11 heteroatoms. The van der Waals surface area contributed by atoms with Crippen molar-refractivity contribution in [2.24, 2.45) is 4.99 Å². The van der Waals surface area contributed by atoms with E-state index in [1.165, 1.54) is 30.3 Å². The molecular weight excluding hydrogens is 680 g/mol. The highest BCUT2D eigenvalue weighted by atomic mass is 35.5. The number of alkyl halides is 6. The van der Waals surface area contributed by atoms with Crippen LogP contribution in [0, 0.1) is 0 Å². The minimum atomic E-state index is -4.53. The maximum atomic E-state index is 13.5. The second-order valence-electron chi connectivity index (χ2n) is 10.5. The Balaban J connectivity index is 1.69. The Morgan fingerprint density at radius 3 is 1.85 bits per heavy atom. The topological polar surface area (TPSA) is 12.4 Å². The molecule has 0 aliphatic rings. The molecule has 0 radical (unpaired) electrons. The maximum Gasteiger partial charge on any atom is 0.416 e. The van der Waals surface area contributed by atoms with Gasteiger partial charge in [-0.15, -0.1) is 23.5 Å². The summed E-state index contributed by atoms with van der Waals surface area (Å²) >= 11 is 9.83. The monoisotopic (exact) mass is 711 g/mol. The Morgan fingerprint density at radius 1 is 0.696 bits per heavy atom. The van der Waals surface area contributed by atoms with Crippen LogP contribution in [0.3, 0.4) is 0 Å². The summed E-state index contributed by atoms with van der Waals surface area (Å²) in [6, 6.07) is 25.1. The largest absolute Gasteiger partial charge is 0.416 e. The van der Waals surface area contributed by atoms with E-state index < -0.39 is 28.1 Å². The van der Waals surface area contributed by atoms with Crippen molar-refractivity contribution >= 4 is 57.6 Å². The molecule has 4 aromatic carbocycles. The molecule has 244 valence electrons. The summed E-state index contributed by atoms with van der Waals surface area (Å²) in [4.78, 5) is 6.53. The smallest absolute Gasteiger partial charge is 0.246 e. The summed E-state index contributed by atoms with van der Waals surface area (Å²) in [5.74, 6) is 0. The lowest BCUT2D eigenvalue weighted by Crippen LogP contribution is -2.08. The van der Waals surface area contributed by atoms with Gasteiger partial charge < -0.3 is 0 Å². The highest BCUT2D eigenvalue weighted by Gasteiger charge is 2.32. The van der Waals surface area contributed by atoms with E-state index in [4.69, 9.17) is 16.6 Å². The molecule has 0 aromatic heterocycles. The van der Waals surface area contributed by atoms with Crippen molar-refractivity contribution in [3.8, 4) is 0 Å². The standard InChI is InChI=1S/C35H32ClF6NS3/c1-2-3-4-5-9-24-10-6-13-28(20-24)43-32(44-29-18-16-27(36)17-19-29)23-33(45-30-14-7-11-25(21-30)34(37,38)39)46-31-15-8-12-26(22-31)35(40,41)42/h6-8,10-22,33H,2-5,9,23H2,1H3. The van der Waals surface area contributed by atoms with Gasteiger partial charge in [-0.25, -0.2) is 4.99 Å². The number of thioether (sulfide) groups is 3. The van der Waals surface area contributed by atoms with Gasteiger partial charge in [0.25, 0.3) is 0 Å². The normalized spacial score (nSPS) is 12.6. The number of unbranched alkanes of at least 4 members (excludes halogenated alkanes) is 3. The van der Waals surface area contributed by atoms with E-state index in [9.17, 15) is 26.3 Å². The highest BCUT2D eigenvalue weighted by Crippen LogP contribution is 2.43. The third kappa shape index (κ3) is 11.9. The summed E-state index contributed by atoms with van der Waals surface area (Å²) < 4.78 is 80.7. The molecule has 0 aliphatic heterocycles. The number of hydrogen-bond acceptors (Lipinski definition) is 4. The van der Waals surface area contributed by atoms with E-state index in [1.807, 2.05) is 30.3 Å². The number of halogens is 7. The van der Waals surface area contributed by atoms with Gasteiger partial charge in [0.2, 0.25) is 0 Å². The zero-order chi connectivity index (χ0) is 33.2. The summed E-state index contributed by atoms with van der Waals surface area (Å²) in [6.45, 7) is 2.17. The number of benzene rings is 4. The second kappa shape index (κ2) is 17.0. The first-order valence-electron chi connectivity index (χ1n) is 14.7. The molecule has 0 unspecified atom stereocenters. The molecule has 0 amide bonds. The zero-order valence-corrected chi connectivity index (χ0v) is 28.1. The molecule has 4 aromatic rings. The van der Waals surface area contributed by atoms with E-state index in [0.29, 0.717) is 19.9 Å². The molecule has 0 heterocycles. The van der Waals surface area contributed by atoms with Crippen molar-refractivity contribution in [3.05, 3.63) is 119 Å². The molecular formula is C35H32ClF6NS3. The van der Waals surface area contributed by atoms with Crippen LogP contribution in [0.5, 0.6) is 0 Å². The predicted molar refractivity (Wildman–Crippen MR) is 182 cm³/mol. The van der Waals surface area contributed by atoms with Crippen LogP contribution in [0.15, 0.2) is 117 Å². The van der Waals surface area contributed by atoms with Gasteiger partial charge in [0, 0.05) is 26.1 Å². The Hall–Kier alpha value is -2.53. The zero-order valence-electron chi connectivity index (χ0n) is 24.9. The van der Waals surface area contributed by atoms with Crippen LogP contribution in [-0.2, 0) is 18.8 Å². The second-order valence-corrected chi connectivity index (χ2v) is 14.9. The van der Waals surface area contributed by atoms with Gasteiger partial charge in [0.1, 0.15) is 0 Å². The van der Waals surface area contributed by atoms with E-state index in [-0.39, 0.29) is 6.42 Å². The molecule has 0 fully saturated rings. The van der Waals surface area contributed by atoms with Crippen molar-refractivity contribution in [3.63, 3.8) is 0 Å². The fourth-order valence-electron chi connectivity index (χ4n) is 4.48. The molecule has 0 spiro atoms. The predicted octanol–water partition coefficient (Wildman–Crippen LogP) is 13.6. The van der Waals surface area contributed by atoms with Gasteiger partial charge in [-0.3, -0.25) is 0 Å². The van der Waals surface area contributed by atoms with Crippen molar-refractivity contribution in [1.29, 1.82) is 0 Å². The van der Waals surface area contributed by atoms with Crippen LogP contribution in [0.25, 0.3) is 0 Å². The van der Waals surface area contributed by atoms with Crippen LogP contribution in [0.1, 0.15) is 55.7 Å². The molecule has 0 aliphatic carbocycles. The number of aryl methyl sites for hydroxylation is 1. The summed E-state index contributed by atoms with van der Waals surface area (Å²) in [6.07, 6.45) is -3.35. The molecule has 0 saturated carbocycles. The third-order valence-corrected chi connectivity index (χ3v) is 10.5. The summed E-state index contributed by atoms with van der Waals surface area (Å²) in [5, 5.41) is 1.23. The first kappa shape index (κ1) is 36.3. The lowest BCUT2D eigenvalue weighted by atomic mass is 10.1. The van der Waals surface area contributed by atoms with Crippen LogP contribution in [-0.4, -0.2) is 9.63 Å². The van der Waals surface area contributed by atoms with E-state index >= 15 is 0 Å². The van der Waals surface area contributed by atoms with E-state index in [1.54, 1.807) is 24.3 Å². The molecule has 0 atom stereocenters. The van der Waals surface area contributed by atoms with E-state index in [2.05, 4.69) is 13.0 Å². The fraction of sp³-hybridized carbons (Fsp3) is 0.286. The lowest BCUT2D eigenvalue weighted by Gasteiger charge is -2.19. The Bertz CT molecular complexity index is 1530. The summed E-state index contributed by atoms with van der Waals surface area (Å²) in [7, 11) is 0. The molecule has 1 nitrogen and oxygen atoms in total. The van der Waals surface area contributed by atoms with Gasteiger partial charge in [0.05, 0.1) is 26.4 Å². The van der Waals surface area contributed by atoms with E-state index in [0.717, 1.165) is 89.6 Å². The van der Waals surface area contributed by atoms with Gasteiger partial charge in [-0.1, -0.05) is 73.8 Å². The molecule has 0 N–H and O–H groups in total. The van der Waals surface area contributed by atoms with Gasteiger partial charge in [-0.05, 0) is 91.2 Å². The number of aliphatic imine (C=N–C) groups is 1. The number of rotatable bonds is 13. The number of hydrogen-bond donors (Lipinski definition) is 0. The van der Waals surface area contributed by atoms with Crippen molar-refractivity contribution < 1.29 is 26.3 Å². The minimum absolute atomic E-state index is 0.260. The van der Waals surface area contributed by atoms with Crippen LogP contribution in [0.2, 0.25) is 5.02 Å². The van der Waals surface area contributed by atoms with Gasteiger partial charge in [0.15, 0.2) is 0 Å². The minimum Gasteiger partial charge on any atom is -0.246 e. The van der Waals surface area contributed by atoms with Crippen LogP contribution < -0.4 is 0 Å². The molecule has 0 saturated heterocycles. The quantitative estimate of drug-likeness (QED) is 0.0342. The Labute approximate surface area is 283 Å². The Kier molecular flexibility index (Phi) is 13.4. The van der Waals surface area contributed by atoms with Crippen molar-refractivity contribution in [2.45, 2.75) is 77.1 Å². The molecule has 46 heavy (non-hydrogen) atoms. The lowest BCUT2D eigenvalue weighted by molar-refractivity contribution is -0.138. The van der Waals surface area contributed by atoms with Gasteiger partial charge in [-0.2, -0.15) is 26.3 Å². The summed E-state index contributed by atoms with van der Waals surface area (Å²) in [5.41, 5.74) is 0.304.